The van der Waals surface area contributed by atoms with E-state index < -0.39 is 0 Å². The first kappa shape index (κ1) is 24.9. The normalized spacial score (nSPS) is 16.7. The van der Waals surface area contributed by atoms with Gasteiger partial charge in [-0.15, -0.1) is 5.10 Å². The second kappa shape index (κ2) is 11.5. The summed E-state index contributed by atoms with van der Waals surface area (Å²) in [5.74, 6) is 0.318. The molecule has 0 aliphatic carbocycles. The molecule has 192 valence electrons. The van der Waals surface area contributed by atoms with Crippen LogP contribution in [0.3, 0.4) is 0 Å². The largest absolute Gasteiger partial charge is 0.346 e. The number of tetrazole rings is 1. The van der Waals surface area contributed by atoms with Gasteiger partial charge in [-0.25, -0.2) is 9.78 Å². The van der Waals surface area contributed by atoms with Crippen molar-refractivity contribution in [3.05, 3.63) is 89.6 Å². The average Bonchev–Trinajstić information content (AvgIpc) is 3.62. The zero-order valence-corrected chi connectivity index (χ0v) is 20.9. The SMILES string of the molecule is O=C(/C=C/c1cc(Cl)ccc1-n1cnnn1)N[C@H]1CC/C=C/CNC(=O)Nc2ccccc2-c2c[nH]c1n2. The molecule has 12 heteroatoms. The van der Waals surface area contributed by atoms with Gasteiger partial charge >= 0.3 is 6.03 Å². The zero-order valence-electron chi connectivity index (χ0n) is 20.1. The van der Waals surface area contributed by atoms with Crippen molar-refractivity contribution in [2.24, 2.45) is 0 Å². The fourth-order valence-electron chi connectivity index (χ4n) is 4.05. The Labute approximate surface area is 223 Å². The molecular formula is C26H24ClN9O2. The van der Waals surface area contributed by atoms with E-state index in [1.165, 1.54) is 17.1 Å². The van der Waals surface area contributed by atoms with E-state index in [1.807, 2.05) is 36.4 Å². The number of aromatic amines is 1. The molecule has 5 rings (SSSR count). The van der Waals surface area contributed by atoms with E-state index in [0.717, 1.165) is 5.56 Å². The van der Waals surface area contributed by atoms with Crippen LogP contribution in [-0.2, 0) is 4.79 Å². The molecule has 1 aliphatic heterocycles. The van der Waals surface area contributed by atoms with Gasteiger partial charge in [-0.2, -0.15) is 4.68 Å². The van der Waals surface area contributed by atoms with Gasteiger partial charge in [-0.3, -0.25) is 4.79 Å². The number of imidazole rings is 1. The van der Waals surface area contributed by atoms with Crippen LogP contribution in [-0.4, -0.2) is 48.7 Å². The third-order valence-corrected chi connectivity index (χ3v) is 6.10. The Bertz CT molecular complexity index is 1490. The number of aromatic nitrogens is 6. The highest BCUT2D eigenvalue weighted by molar-refractivity contribution is 6.30. The van der Waals surface area contributed by atoms with Crippen molar-refractivity contribution in [2.75, 3.05) is 11.9 Å². The molecular weight excluding hydrogens is 506 g/mol. The van der Waals surface area contributed by atoms with Gasteiger partial charge in [0.15, 0.2) is 0 Å². The third kappa shape index (κ3) is 5.95. The summed E-state index contributed by atoms with van der Waals surface area (Å²) in [4.78, 5) is 33.2. The lowest BCUT2D eigenvalue weighted by Crippen LogP contribution is -2.29. The summed E-state index contributed by atoms with van der Waals surface area (Å²) in [6.07, 6.45) is 11.5. The maximum atomic E-state index is 13.0. The van der Waals surface area contributed by atoms with Crippen molar-refractivity contribution in [1.29, 1.82) is 0 Å². The third-order valence-electron chi connectivity index (χ3n) is 5.86. The van der Waals surface area contributed by atoms with Crippen LogP contribution in [0.15, 0.2) is 73.2 Å². The number of rotatable bonds is 4. The van der Waals surface area contributed by atoms with Crippen molar-refractivity contribution in [3.8, 4) is 16.9 Å². The summed E-state index contributed by atoms with van der Waals surface area (Å²) in [6, 6.07) is 12.0. The number of hydrogen-bond donors (Lipinski definition) is 4. The number of nitrogens with zero attached hydrogens (tertiary/aromatic N) is 5. The van der Waals surface area contributed by atoms with Crippen molar-refractivity contribution in [2.45, 2.75) is 18.9 Å². The van der Waals surface area contributed by atoms with Crippen molar-refractivity contribution >= 4 is 35.3 Å². The van der Waals surface area contributed by atoms with E-state index in [0.29, 0.717) is 52.9 Å². The van der Waals surface area contributed by atoms with Gasteiger partial charge < -0.3 is 20.9 Å². The van der Waals surface area contributed by atoms with Crippen LogP contribution in [0, 0.1) is 0 Å². The Morgan fingerprint density at radius 2 is 2.08 bits per heavy atom. The molecule has 0 fully saturated rings. The first-order valence-electron chi connectivity index (χ1n) is 11.9. The minimum absolute atomic E-state index is 0.296. The minimum Gasteiger partial charge on any atom is -0.346 e. The van der Waals surface area contributed by atoms with Crippen LogP contribution < -0.4 is 16.0 Å². The van der Waals surface area contributed by atoms with E-state index in [9.17, 15) is 9.59 Å². The zero-order chi connectivity index (χ0) is 26.3. The summed E-state index contributed by atoms with van der Waals surface area (Å²) >= 11 is 6.19. The molecule has 3 amide bonds. The quantitative estimate of drug-likeness (QED) is 0.232. The van der Waals surface area contributed by atoms with E-state index in [4.69, 9.17) is 16.6 Å². The minimum atomic E-state index is -0.374. The molecule has 0 radical (unpaired) electrons. The van der Waals surface area contributed by atoms with E-state index >= 15 is 0 Å². The number of carbonyl (C=O) groups is 2. The molecule has 4 N–H and O–H groups in total. The van der Waals surface area contributed by atoms with E-state index in [2.05, 4.69) is 36.5 Å². The molecule has 4 aromatic rings. The topological polar surface area (TPSA) is 143 Å². The predicted molar refractivity (Wildman–Crippen MR) is 144 cm³/mol. The number of allylic oxidation sites excluding steroid dienone is 1. The first-order chi connectivity index (χ1) is 18.6. The number of halogens is 1. The van der Waals surface area contributed by atoms with Gasteiger partial charge in [0.1, 0.15) is 12.2 Å². The van der Waals surface area contributed by atoms with Gasteiger partial charge in [0.25, 0.3) is 0 Å². The Kier molecular flexibility index (Phi) is 7.55. The molecule has 0 saturated heterocycles. The van der Waals surface area contributed by atoms with Crippen molar-refractivity contribution in [1.82, 2.24) is 40.8 Å². The maximum Gasteiger partial charge on any atom is 0.319 e. The molecule has 2 bridgehead atoms. The fraction of sp³-hybridized carbons (Fsp3) is 0.154. The molecule has 3 heterocycles. The number of nitrogens with one attached hydrogen (secondary N) is 4. The van der Waals surface area contributed by atoms with Gasteiger partial charge in [-0.1, -0.05) is 42.0 Å². The number of amides is 3. The Hall–Kier alpha value is -4.77. The van der Waals surface area contributed by atoms with Crippen LogP contribution in [0.5, 0.6) is 0 Å². The van der Waals surface area contributed by atoms with Gasteiger partial charge in [0, 0.05) is 35.0 Å². The molecule has 2 aromatic carbocycles. The molecule has 11 nitrogen and oxygen atoms in total. The molecule has 0 spiro atoms. The number of benzene rings is 2. The summed E-state index contributed by atoms with van der Waals surface area (Å²) in [5, 5.41) is 20.5. The van der Waals surface area contributed by atoms with E-state index in [-0.39, 0.29) is 18.0 Å². The van der Waals surface area contributed by atoms with Gasteiger partial charge in [0.2, 0.25) is 5.91 Å². The lowest BCUT2D eigenvalue weighted by atomic mass is 10.1. The predicted octanol–water partition coefficient (Wildman–Crippen LogP) is 4.05. The molecule has 0 unspecified atom stereocenters. The smallest absolute Gasteiger partial charge is 0.319 e. The number of para-hydroxylation sites is 1. The second-order valence-corrected chi connectivity index (χ2v) is 8.89. The number of carbonyl (C=O) groups excluding carboxylic acids is 2. The molecule has 2 aromatic heterocycles. The molecule has 0 saturated carbocycles. The summed E-state index contributed by atoms with van der Waals surface area (Å²) in [5.41, 5.74) is 3.41. The maximum absolute atomic E-state index is 13.0. The number of H-pyrrole nitrogens is 1. The highest BCUT2D eigenvalue weighted by Gasteiger charge is 2.19. The lowest BCUT2D eigenvalue weighted by Gasteiger charge is -2.15. The number of hydrogen-bond acceptors (Lipinski definition) is 6. The Morgan fingerprint density at radius 3 is 2.95 bits per heavy atom. The fourth-order valence-corrected chi connectivity index (χ4v) is 4.23. The molecule has 38 heavy (non-hydrogen) atoms. The highest BCUT2D eigenvalue weighted by Crippen LogP contribution is 2.28. The van der Waals surface area contributed by atoms with Crippen molar-refractivity contribution < 1.29 is 9.59 Å². The van der Waals surface area contributed by atoms with Crippen LogP contribution in [0.4, 0.5) is 10.5 Å². The monoisotopic (exact) mass is 529 g/mol. The van der Waals surface area contributed by atoms with Crippen LogP contribution in [0.2, 0.25) is 5.02 Å². The lowest BCUT2D eigenvalue weighted by molar-refractivity contribution is -0.117. The van der Waals surface area contributed by atoms with Gasteiger partial charge in [0.05, 0.1) is 23.1 Å². The van der Waals surface area contributed by atoms with Crippen molar-refractivity contribution in [3.63, 3.8) is 0 Å². The number of fused-ring (bicyclic) bond motifs is 4. The average molecular weight is 530 g/mol. The number of anilines is 1. The van der Waals surface area contributed by atoms with E-state index in [1.54, 1.807) is 30.5 Å². The molecule has 1 aliphatic rings. The summed E-state index contributed by atoms with van der Waals surface area (Å²) in [6.45, 7) is 0.388. The summed E-state index contributed by atoms with van der Waals surface area (Å²) in [7, 11) is 0. The van der Waals surface area contributed by atoms with Crippen LogP contribution in [0.25, 0.3) is 23.0 Å². The first-order valence-corrected chi connectivity index (χ1v) is 12.3. The Balaban J connectivity index is 1.39. The number of urea groups is 1. The summed E-state index contributed by atoms with van der Waals surface area (Å²) < 4.78 is 1.50. The standard InChI is InChI=1S/C26H24ClN9O2/c27-18-10-11-23(36-16-30-34-35-36)17(14-18)9-12-24(37)31-21-8-2-1-5-13-28-26(38)33-20-7-4-3-6-19(20)22-15-29-25(21)32-22/h1,3-7,9-12,14-16,21H,2,8,13H2,(H,29,32)(H,31,37)(H2,28,33,38)/b5-1+,12-9+/t21-/m0/s1. The van der Waals surface area contributed by atoms with Crippen LogP contribution >= 0.6 is 11.6 Å². The highest BCUT2D eigenvalue weighted by atomic mass is 35.5. The van der Waals surface area contributed by atoms with Gasteiger partial charge in [-0.05, 0) is 53.6 Å². The second-order valence-electron chi connectivity index (χ2n) is 8.45. The molecule has 1 atom stereocenters. The van der Waals surface area contributed by atoms with Crippen LogP contribution in [0.1, 0.15) is 30.3 Å². The Morgan fingerprint density at radius 1 is 1.18 bits per heavy atom.